The first-order chi connectivity index (χ1) is 15.3. The van der Waals surface area contributed by atoms with Crippen molar-refractivity contribution in [1.29, 1.82) is 0 Å². The van der Waals surface area contributed by atoms with Gasteiger partial charge in [0.1, 0.15) is 5.75 Å². The number of methoxy groups -OCH3 is 1. The molecule has 0 radical (unpaired) electrons. The van der Waals surface area contributed by atoms with Gasteiger partial charge in [-0.05, 0) is 30.5 Å². The van der Waals surface area contributed by atoms with Gasteiger partial charge in [0, 0.05) is 50.9 Å². The van der Waals surface area contributed by atoms with Gasteiger partial charge in [-0.3, -0.25) is 9.59 Å². The van der Waals surface area contributed by atoms with Crippen LogP contribution in [0.2, 0.25) is 0 Å². The molecule has 0 spiro atoms. The lowest BCUT2D eigenvalue weighted by Crippen LogP contribution is -2.37. The number of aryl methyl sites for hydroxylation is 2. The van der Waals surface area contributed by atoms with E-state index in [-0.39, 0.29) is 17.2 Å². The van der Waals surface area contributed by atoms with Crippen LogP contribution < -0.4 is 4.74 Å². The lowest BCUT2D eigenvalue weighted by atomic mass is 9.96. The molecular weight excluding hydrogens is 408 g/mol. The highest BCUT2D eigenvalue weighted by molar-refractivity contribution is 5.78. The molecule has 32 heavy (non-hydrogen) atoms. The van der Waals surface area contributed by atoms with Crippen LogP contribution in [0, 0.1) is 0 Å². The average Bonchev–Trinajstić information content (AvgIpc) is 3.13. The van der Waals surface area contributed by atoms with Crippen LogP contribution in [0.3, 0.4) is 0 Å². The third-order valence-corrected chi connectivity index (χ3v) is 5.68. The van der Waals surface area contributed by atoms with E-state index >= 15 is 0 Å². The second-order valence-electron chi connectivity index (χ2n) is 9.22. The van der Waals surface area contributed by atoms with E-state index in [1.807, 2.05) is 54.8 Å². The maximum Gasteiger partial charge on any atom is 0.227 e. The van der Waals surface area contributed by atoms with Crippen molar-refractivity contribution in [2.24, 2.45) is 0 Å². The van der Waals surface area contributed by atoms with Crippen LogP contribution in [-0.4, -0.2) is 65.0 Å². The second-order valence-corrected chi connectivity index (χ2v) is 9.22. The summed E-state index contributed by atoms with van der Waals surface area (Å²) in [4.78, 5) is 33.5. The maximum atomic E-state index is 12.7. The Labute approximate surface area is 189 Å². The van der Waals surface area contributed by atoms with E-state index in [1.165, 1.54) is 0 Å². The van der Waals surface area contributed by atoms with Gasteiger partial charge < -0.3 is 19.1 Å². The Morgan fingerprint density at radius 3 is 2.09 bits per heavy atom. The molecule has 0 saturated carbocycles. The number of rotatable bonds is 7. The Morgan fingerprint density at radius 1 is 0.969 bits per heavy atom. The molecule has 1 aliphatic rings. The van der Waals surface area contributed by atoms with E-state index in [0.29, 0.717) is 63.6 Å². The molecule has 1 aliphatic heterocycles. The Morgan fingerprint density at radius 2 is 1.56 bits per heavy atom. The van der Waals surface area contributed by atoms with Gasteiger partial charge in [-0.1, -0.05) is 38.1 Å². The number of carbonyl (C=O) groups excluding carboxylic acids is 2. The molecule has 0 unspecified atom stereocenters. The van der Waals surface area contributed by atoms with Crippen LogP contribution in [-0.2, 0) is 27.8 Å². The smallest absolute Gasteiger partial charge is 0.227 e. The van der Waals surface area contributed by atoms with Gasteiger partial charge in [-0.2, -0.15) is 4.98 Å². The zero-order chi connectivity index (χ0) is 23.1. The molecule has 1 fully saturated rings. The van der Waals surface area contributed by atoms with E-state index in [9.17, 15) is 9.59 Å². The summed E-state index contributed by atoms with van der Waals surface area (Å²) < 4.78 is 10.5. The normalized spacial score (nSPS) is 14.9. The number of benzene rings is 1. The summed E-state index contributed by atoms with van der Waals surface area (Å²) in [6.07, 6.45) is 2.71. The molecule has 1 saturated heterocycles. The van der Waals surface area contributed by atoms with E-state index in [1.54, 1.807) is 7.11 Å². The van der Waals surface area contributed by atoms with E-state index in [4.69, 9.17) is 9.26 Å². The zero-order valence-electron chi connectivity index (χ0n) is 19.6. The third kappa shape index (κ3) is 6.55. The molecule has 3 rings (SSSR count). The Bertz CT molecular complexity index is 901. The number of hydrogen-bond donors (Lipinski definition) is 0. The van der Waals surface area contributed by atoms with Gasteiger partial charge in [0.05, 0.1) is 7.11 Å². The van der Waals surface area contributed by atoms with Crippen molar-refractivity contribution in [3.8, 4) is 5.75 Å². The van der Waals surface area contributed by atoms with Gasteiger partial charge in [0.15, 0.2) is 5.82 Å². The predicted molar refractivity (Wildman–Crippen MR) is 120 cm³/mol. The fraction of sp³-hybridized carbons (Fsp3) is 0.583. The Balaban J connectivity index is 1.43. The van der Waals surface area contributed by atoms with Crippen molar-refractivity contribution >= 4 is 11.8 Å². The average molecular weight is 443 g/mol. The fourth-order valence-corrected chi connectivity index (χ4v) is 3.65. The summed E-state index contributed by atoms with van der Waals surface area (Å²) in [5.74, 6) is 2.15. The minimum atomic E-state index is -0.181. The topological polar surface area (TPSA) is 88.8 Å². The number of amides is 2. The molecule has 8 nitrogen and oxygen atoms in total. The third-order valence-electron chi connectivity index (χ3n) is 5.68. The van der Waals surface area contributed by atoms with Gasteiger partial charge >= 0.3 is 0 Å². The predicted octanol–water partition coefficient (Wildman–Crippen LogP) is 3.00. The monoisotopic (exact) mass is 442 g/mol. The maximum absolute atomic E-state index is 12.7. The first-order valence-electron chi connectivity index (χ1n) is 11.3. The molecule has 1 aromatic heterocycles. The highest BCUT2D eigenvalue weighted by Crippen LogP contribution is 2.19. The molecule has 0 atom stereocenters. The molecule has 2 amide bonds. The molecule has 0 aliphatic carbocycles. The zero-order valence-corrected chi connectivity index (χ0v) is 19.6. The minimum absolute atomic E-state index is 0.0630. The van der Waals surface area contributed by atoms with Crippen molar-refractivity contribution in [2.45, 2.75) is 58.3 Å². The molecule has 174 valence electrons. The van der Waals surface area contributed by atoms with Crippen LogP contribution >= 0.6 is 0 Å². The van der Waals surface area contributed by atoms with Gasteiger partial charge in [0.2, 0.25) is 17.7 Å². The SMILES string of the molecule is COc1ccc(CCC(=O)N2CCCN(C(=O)CCc3nc(C(C)(C)C)no3)CC2)cc1. The van der Waals surface area contributed by atoms with Crippen LogP contribution in [0.25, 0.3) is 0 Å². The molecule has 8 heteroatoms. The van der Waals surface area contributed by atoms with Crippen molar-refractivity contribution in [2.75, 3.05) is 33.3 Å². The van der Waals surface area contributed by atoms with Crippen LogP contribution in [0.4, 0.5) is 0 Å². The summed E-state index contributed by atoms with van der Waals surface area (Å²) in [7, 11) is 1.64. The molecule has 2 aromatic rings. The fourth-order valence-electron chi connectivity index (χ4n) is 3.65. The van der Waals surface area contributed by atoms with Crippen molar-refractivity contribution in [3.63, 3.8) is 0 Å². The number of carbonyl (C=O) groups is 2. The molecule has 2 heterocycles. The van der Waals surface area contributed by atoms with Gasteiger partial charge in [-0.25, -0.2) is 0 Å². The van der Waals surface area contributed by atoms with Crippen LogP contribution in [0.1, 0.15) is 57.3 Å². The van der Waals surface area contributed by atoms with Crippen LogP contribution in [0.5, 0.6) is 5.75 Å². The molecule has 1 aromatic carbocycles. The molecule has 0 N–H and O–H groups in total. The molecular formula is C24H34N4O4. The van der Waals surface area contributed by atoms with Gasteiger partial charge in [0.25, 0.3) is 0 Å². The highest BCUT2D eigenvalue weighted by Gasteiger charge is 2.24. The van der Waals surface area contributed by atoms with Crippen molar-refractivity contribution < 1.29 is 18.8 Å². The summed E-state index contributed by atoms with van der Waals surface area (Å²) >= 11 is 0. The molecule has 0 bridgehead atoms. The van der Waals surface area contributed by atoms with Crippen LogP contribution in [0.15, 0.2) is 28.8 Å². The first-order valence-corrected chi connectivity index (χ1v) is 11.3. The highest BCUT2D eigenvalue weighted by atomic mass is 16.5. The number of ether oxygens (including phenoxy) is 1. The second kappa shape index (κ2) is 10.6. The number of nitrogens with zero attached hydrogens (tertiary/aromatic N) is 4. The lowest BCUT2D eigenvalue weighted by Gasteiger charge is -2.22. The van der Waals surface area contributed by atoms with E-state index in [0.717, 1.165) is 17.7 Å². The van der Waals surface area contributed by atoms with Crippen molar-refractivity contribution in [1.82, 2.24) is 19.9 Å². The van der Waals surface area contributed by atoms with E-state index in [2.05, 4.69) is 10.1 Å². The number of aromatic nitrogens is 2. The Kier molecular flexibility index (Phi) is 7.88. The quantitative estimate of drug-likeness (QED) is 0.655. The summed E-state index contributed by atoms with van der Waals surface area (Å²) in [6.45, 7) is 8.55. The Hall–Kier alpha value is -2.90. The standard InChI is InChI=1S/C24H34N4O4/c1-24(2,3)23-25-20(32-26-23)11-13-22(30)28-15-5-14-27(16-17-28)21(29)12-8-18-6-9-19(31-4)10-7-18/h6-7,9-10H,5,8,11-17H2,1-4H3. The minimum Gasteiger partial charge on any atom is -0.497 e. The number of hydrogen-bond acceptors (Lipinski definition) is 6. The van der Waals surface area contributed by atoms with Crippen molar-refractivity contribution in [3.05, 3.63) is 41.5 Å². The summed E-state index contributed by atoms with van der Waals surface area (Å²) in [5, 5.41) is 4.01. The summed E-state index contributed by atoms with van der Waals surface area (Å²) in [6, 6.07) is 7.80. The van der Waals surface area contributed by atoms with E-state index < -0.39 is 0 Å². The van der Waals surface area contributed by atoms with Gasteiger partial charge in [-0.15, -0.1) is 0 Å². The largest absolute Gasteiger partial charge is 0.497 e. The first kappa shape index (κ1) is 23.8. The summed E-state index contributed by atoms with van der Waals surface area (Å²) in [5.41, 5.74) is 0.932. The lowest BCUT2D eigenvalue weighted by molar-refractivity contribution is -0.133.